The second-order valence-electron chi connectivity index (χ2n) is 9.59. The van der Waals surface area contributed by atoms with E-state index >= 15 is 0 Å². The summed E-state index contributed by atoms with van der Waals surface area (Å²) in [6.45, 7) is 13.6. The summed E-state index contributed by atoms with van der Waals surface area (Å²) in [6.07, 6.45) is 2.02. The van der Waals surface area contributed by atoms with Gasteiger partial charge < -0.3 is 9.16 Å². The van der Waals surface area contributed by atoms with Crippen LogP contribution in [0, 0.1) is 5.41 Å². The predicted octanol–water partition coefficient (Wildman–Crippen LogP) is 4.58. The van der Waals surface area contributed by atoms with Crippen LogP contribution in [0.2, 0.25) is 13.1 Å². The fraction of sp³-hybridized carbons (Fsp3) is 0.458. The van der Waals surface area contributed by atoms with Crippen molar-refractivity contribution >= 4 is 36.4 Å². The van der Waals surface area contributed by atoms with E-state index in [1.807, 2.05) is 45.3 Å². The Balaban J connectivity index is 2.30. The van der Waals surface area contributed by atoms with Crippen LogP contribution in [-0.2, 0) is 25.7 Å². The quantitative estimate of drug-likeness (QED) is 0.423. The van der Waals surface area contributed by atoms with Crippen molar-refractivity contribution in [2.45, 2.75) is 56.6 Å². The summed E-state index contributed by atoms with van der Waals surface area (Å²) in [5.41, 5.74) is -1.14. The highest BCUT2D eigenvalue weighted by Crippen LogP contribution is 2.48. The Hall–Kier alpha value is -1.94. The second-order valence-corrected chi connectivity index (χ2v) is 14.8. The van der Waals surface area contributed by atoms with E-state index in [-0.39, 0.29) is 23.8 Å². The van der Waals surface area contributed by atoms with Crippen molar-refractivity contribution in [3.05, 3.63) is 58.8 Å². The van der Waals surface area contributed by atoms with Crippen LogP contribution in [0.15, 0.2) is 53.3 Å². The number of hydrogen-bond donors (Lipinski definition) is 0. The maximum Gasteiger partial charge on any atom is 0.315 e. The average molecular weight is 508 g/mol. The number of ether oxygens (including phenoxy) is 1. The highest BCUT2D eigenvalue weighted by molar-refractivity contribution is 7.89. The highest BCUT2D eigenvalue weighted by atomic mass is 32.2. The number of carbonyl (C=O) groups excluding carboxylic acids is 1. The number of hydrogen-bond acceptors (Lipinski definition) is 6. The summed E-state index contributed by atoms with van der Waals surface area (Å²) in [7, 11) is -4.34. The molecule has 0 aliphatic carbocycles. The highest BCUT2D eigenvalue weighted by Gasteiger charge is 2.60. The molecule has 0 unspecified atom stereocenters. The van der Waals surface area contributed by atoms with Crippen LogP contribution >= 0.6 is 11.3 Å². The van der Waals surface area contributed by atoms with Gasteiger partial charge in [-0.25, -0.2) is 8.42 Å². The van der Waals surface area contributed by atoms with E-state index in [2.05, 4.69) is 6.58 Å². The minimum atomic E-state index is -4.07. The number of rotatable bonds is 6. The molecule has 0 spiro atoms. The maximum atomic E-state index is 14.2. The third-order valence-electron chi connectivity index (χ3n) is 6.24. The van der Waals surface area contributed by atoms with Crippen molar-refractivity contribution in [2.75, 3.05) is 13.7 Å². The molecule has 9 heteroatoms. The molecule has 2 atom stereocenters. The summed E-state index contributed by atoms with van der Waals surface area (Å²) >= 11 is 1.54. The van der Waals surface area contributed by atoms with Gasteiger partial charge in [0.25, 0.3) is 0 Å². The molecule has 0 N–H and O–H groups in total. The van der Waals surface area contributed by atoms with E-state index in [0.717, 1.165) is 10.4 Å². The van der Waals surface area contributed by atoms with Gasteiger partial charge in [0.2, 0.25) is 19.1 Å². The molecule has 1 aromatic heterocycles. The number of sulfonamides is 1. The molecule has 0 amide bonds. The van der Waals surface area contributed by atoms with Gasteiger partial charge in [-0.05, 0) is 59.8 Å². The van der Waals surface area contributed by atoms with Crippen LogP contribution in [0.3, 0.4) is 0 Å². The lowest BCUT2D eigenvalue weighted by atomic mass is 9.71. The zero-order valence-electron chi connectivity index (χ0n) is 20.1. The SMILES string of the molecule is C=C[C@@H]1CN(S(=O)(=O)c2ccc(OC)cc2)[C@@](C(=O)O[SiH](C)C)(C(C)(C)C)Cc2sccc21. The van der Waals surface area contributed by atoms with Gasteiger partial charge in [0, 0.05) is 23.8 Å². The Bertz CT molecular complexity index is 1120. The van der Waals surface area contributed by atoms with Crippen molar-refractivity contribution in [3.8, 4) is 5.75 Å². The van der Waals surface area contributed by atoms with Crippen LogP contribution in [0.5, 0.6) is 5.75 Å². The van der Waals surface area contributed by atoms with Gasteiger partial charge in [0.05, 0.1) is 12.0 Å². The summed E-state index contributed by atoms with van der Waals surface area (Å²) in [4.78, 5) is 15.0. The second kappa shape index (κ2) is 9.36. The molecule has 0 bridgehead atoms. The van der Waals surface area contributed by atoms with Crippen molar-refractivity contribution < 1.29 is 22.4 Å². The van der Waals surface area contributed by atoms with E-state index in [1.165, 1.54) is 23.5 Å². The van der Waals surface area contributed by atoms with Crippen LogP contribution in [0.4, 0.5) is 0 Å². The van der Waals surface area contributed by atoms with Gasteiger partial charge >= 0.3 is 5.97 Å². The van der Waals surface area contributed by atoms with Crippen LogP contribution < -0.4 is 4.74 Å². The fourth-order valence-corrected chi connectivity index (χ4v) is 7.95. The molecule has 180 valence electrons. The molecule has 0 radical (unpaired) electrons. The molecule has 0 fully saturated rings. The minimum absolute atomic E-state index is 0.105. The number of benzene rings is 1. The Morgan fingerprint density at radius 2 is 1.88 bits per heavy atom. The van der Waals surface area contributed by atoms with E-state index < -0.39 is 36.0 Å². The van der Waals surface area contributed by atoms with E-state index in [1.54, 1.807) is 29.5 Å². The first-order chi connectivity index (χ1) is 15.4. The molecule has 0 saturated heterocycles. The zero-order valence-corrected chi connectivity index (χ0v) is 22.9. The lowest BCUT2D eigenvalue weighted by Gasteiger charge is -2.48. The summed E-state index contributed by atoms with van der Waals surface area (Å²) < 4.78 is 40.8. The lowest BCUT2D eigenvalue weighted by molar-refractivity contribution is -0.152. The molecule has 2 heterocycles. The minimum Gasteiger partial charge on any atom is -0.521 e. The molecule has 6 nitrogen and oxygen atoms in total. The third-order valence-corrected chi connectivity index (χ3v) is 9.77. The van der Waals surface area contributed by atoms with Gasteiger partial charge in [-0.1, -0.05) is 26.8 Å². The Kier molecular flexibility index (Phi) is 7.29. The lowest BCUT2D eigenvalue weighted by Crippen LogP contribution is -2.66. The monoisotopic (exact) mass is 507 g/mol. The molecule has 3 rings (SSSR count). The Labute approximate surface area is 203 Å². The van der Waals surface area contributed by atoms with Crippen LogP contribution in [0.25, 0.3) is 0 Å². The van der Waals surface area contributed by atoms with Crippen LogP contribution in [-0.4, -0.2) is 46.9 Å². The zero-order chi connectivity index (χ0) is 24.6. The van der Waals surface area contributed by atoms with Crippen molar-refractivity contribution in [1.29, 1.82) is 0 Å². The standard InChI is InChI=1S/C24H33NO5S2Si/c1-8-17-16-25(32(27,28)19-11-9-18(29-5)10-12-19)24(23(2,3)4,22(26)30-33(6)7)15-21-20(17)13-14-31-21/h8-14,17,33H,1,15-16H2,2-7H3/t17-,24+/m1/s1. The Morgan fingerprint density at radius 1 is 1.24 bits per heavy atom. The van der Waals surface area contributed by atoms with E-state index in [0.29, 0.717) is 5.75 Å². The largest absolute Gasteiger partial charge is 0.521 e. The first-order valence-corrected chi connectivity index (χ1v) is 16.1. The molecule has 1 aliphatic rings. The Morgan fingerprint density at radius 3 is 2.39 bits per heavy atom. The summed E-state index contributed by atoms with van der Waals surface area (Å²) in [5.74, 6) is -0.159. The number of thiophene rings is 1. The van der Waals surface area contributed by atoms with E-state index in [4.69, 9.17) is 9.16 Å². The summed E-state index contributed by atoms with van der Waals surface area (Å²) in [5, 5.41) is 1.99. The molecular weight excluding hydrogens is 474 g/mol. The smallest absolute Gasteiger partial charge is 0.315 e. The number of fused-ring (bicyclic) bond motifs is 1. The molecular formula is C24H33NO5S2Si. The van der Waals surface area contributed by atoms with Gasteiger partial charge in [-0.15, -0.1) is 17.9 Å². The number of carbonyl (C=O) groups is 1. The predicted molar refractivity (Wildman–Crippen MR) is 135 cm³/mol. The average Bonchev–Trinajstić information content (AvgIpc) is 3.13. The first-order valence-electron chi connectivity index (χ1n) is 10.9. The van der Waals surface area contributed by atoms with Gasteiger partial charge in [0.15, 0.2) is 0 Å². The van der Waals surface area contributed by atoms with Crippen LogP contribution in [0.1, 0.15) is 37.1 Å². The van der Waals surface area contributed by atoms with Crippen molar-refractivity contribution in [3.63, 3.8) is 0 Å². The maximum absolute atomic E-state index is 14.2. The van der Waals surface area contributed by atoms with Crippen molar-refractivity contribution in [1.82, 2.24) is 4.31 Å². The first kappa shape index (κ1) is 25.7. The molecule has 2 aromatic rings. The molecule has 1 aliphatic heterocycles. The van der Waals surface area contributed by atoms with Gasteiger partial charge in [-0.2, -0.15) is 4.31 Å². The topological polar surface area (TPSA) is 72.9 Å². The molecule has 33 heavy (non-hydrogen) atoms. The summed E-state index contributed by atoms with van der Waals surface area (Å²) in [6, 6.07) is 8.28. The normalized spacial score (nSPS) is 21.8. The van der Waals surface area contributed by atoms with Gasteiger partial charge in [-0.3, -0.25) is 4.79 Å². The fourth-order valence-electron chi connectivity index (χ4n) is 4.39. The van der Waals surface area contributed by atoms with Gasteiger partial charge in [0.1, 0.15) is 11.3 Å². The number of nitrogens with zero attached hydrogens (tertiary/aromatic N) is 1. The van der Waals surface area contributed by atoms with E-state index in [9.17, 15) is 13.2 Å². The molecule has 0 saturated carbocycles. The molecule has 1 aromatic carbocycles. The number of methoxy groups -OCH3 is 1. The van der Waals surface area contributed by atoms with Crippen molar-refractivity contribution in [2.24, 2.45) is 5.41 Å². The third kappa shape index (κ3) is 4.56.